The Bertz CT molecular complexity index is 1000. The van der Waals surface area contributed by atoms with Gasteiger partial charge in [0.1, 0.15) is 5.75 Å². The van der Waals surface area contributed by atoms with Crippen molar-refractivity contribution in [3.05, 3.63) is 95.6 Å². The van der Waals surface area contributed by atoms with E-state index in [0.29, 0.717) is 36.5 Å². The molecule has 3 atom stereocenters. The number of aliphatic carboxylic acids is 1. The van der Waals surface area contributed by atoms with Crippen LogP contribution in [-0.4, -0.2) is 22.7 Å². The zero-order chi connectivity index (χ0) is 28.3. The molecule has 4 nitrogen and oxygen atoms in total. The molecule has 0 heterocycles. The minimum atomic E-state index is -0.737. The van der Waals surface area contributed by atoms with Gasteiger partial charge in [-0.1, -0.05) is 96.1 Å². The third kappa shape index (κ3) is 13.3. The summed E-state index contributed by atoms with van der Waals surface area (Å²) in [6.45, 7) is 13.9. The van der Waals surface area contributed by atoms with E-state index >= 15 is 0 Å². The topological polar surface area (TPSA) is 69.6 Å². The first-order valence-corrected chi connectivity index (χ1v) is 14.1. The van der Waals surface area contributed by atoms with Crippen molar-refractivity contribution < 1.29 is 15.0 Å². The van der Waals surface area contributed by atoms with Crippen molar-refractivity contribution in [1.29, 1.82) is 0 Å². The van der Waals surface area contributed by atoms with Gasteiger partial charge in [0.2, 0.25) is 0 Å². The molecule has 208 valence electrons. The van der Waals surface area contributed by atoms with Crippen molar-refractivity contribution >= 4 is 11.7 Å². The molecule has 3 N–H and O–H groups in total. The number of benzene rings is 3. The molecule has 0 aromatic heterocycles. The molecule has 0 spiro atoms. The lowest BCUT2D eigenvalue weighted by atomic mass is 9.99. The van der Waals surface area contributed by atoms with E-state index in [1.807, 2.05) is 12.1 Å². The lowest BCUT2D eigenvalue weighted by molar-refractivity contribution is -0.137. The average molecular weight is 520 g/mol. The first-order chi connectivity index (χ1) is 18.2. The van der Waals surface area contributed by atoms with Crippen molar-refractivity contribution in [3.8, 4) is 5.75 Å². The van der Waals surface area contributed by atoms with Gasteiger partial charge in [0, 0.05) is 18.7 Å². The highest BCUT2D eigenvalue weighted by Gasteiger charge is 2.03. The minimum absolute atomic E-state index is 0.220. The van der Waals surface area contributed by atoms with Gasteiger partial charge < -0.3 is 15.5 Å². The maximum Gasteiger partial charge on any atom is 0.303 e. The quantitative estimate of drug-likeness (QED) is 0.221. The van der Waals surface area contributed by atoms with Crippen LogP contribution in [0.3, 0.4) is 0 Å². The summed E-state index contributed by atoms with van der Waals surface area (Å²) in [5.41, 5.74) is 5.15. The fraction of sp³-hybridized carbons (Fsp3) is 0.441. The summed E-state index contributed by atoms with van der Waals surface area (Å²) in [7, 11) is 0. The molecule has 0 aliphatic rings. The van der Waals surface area contributed by atoms with E-state index in [9.17, 15) is 4.79 Å². The van der Waals surface area contributed by atoms with Crippen LogP contribution in [0, 0.1) is 0 Å². The zero-order valence-electron chi connectivity index (χ0n) is 24.3. The van der Waals surface area contributed by atoms with Crippen molar-refractivity contribution in [3.63, 3.8) is 0 Å². The van der Waals surface area contributed by atoms with Gasteiger partial charge in [0.05, 0.1) is 0 Å². The molecule has 3 rings (SSSR count). The van der Waals surface area contributed by atoms with Gasteiger partial charge in [-0.2, -0.15) is 0 Å². The lowest BCUT2D eigenvalue weighted by Crippen LogP contribution is -2.04. The predicted molar refractivity (Wildman–Crippen MR) is 162 cm³/mol. The number of carbonyl (C=O) groups is 1. The molecular weight excluding hydrogens is 470 g/mol. The van der Waals surface area contributed by atoms with Gasteiger partial charge in [0.25, 0.3) is 0 Å². The number of carboxylic acid groups (broad SMARTS) is 1. The van der Waals surface area contributed by atoms with Crippen molar-refractivity contribution in [2.45, 2.75) is 91.4 Å². The Hall–Kier alpha value is -3.27. The van der Waals surface area contributed by atoms with Crippen LogP contribution in [0.1, 0.15) is 108 Å². The molecular formula is C34H49NO3. The van der Waals surface area contributed by atoms with E-state index in [1.54, 1.807) is 12.1 Å². The van der Waals surface area contributed by atoms with Crippen molar-refractivity contribution in [2.75, 3.05) is 11.9 Å². The van der Waals surface area contributed by atoms with Gasteiger partial charge in [-0.05, 0) is 84.4 Å². The number of anilines is 1. The summed E-state index contributed by atoms with van der Waals surface area (Å²) in [6.07, 6.45) is 4.39. The Morgan fingerprint density at radius 2 is 1.11 bits per heavy atom. The second-order valence-electron chi connectivity index (χ2n) is 9.98. The van der Waals surface area contributed by atoms with Crippen LogP contribution in [0.2, 0.25) is 0 Å². The van der Waals surface area contributed by atoms with Crippen LogP contribution in [0.4, 0.5) is 5.69 Å². The first-order valence-electron chi connectivity index (χ1n) is 14.1. The SMILES string of the molecule is CCC(C)c1ccc(NCCCC(=O)O)cc1.CCC(C)c1ccc(O)cc1.CCC(C)c1ccccc1. The number of hydrogen-bond donors (Lipinski definition) is 3. The third-order valence-corrected chi connectivity index (χ3v) is 7.04. The summed E-state index contributed by atoms with van der Waals surface area (Å²) in [5.74, 6) is 1.50. The van der Waals surface area contributed by atoms with Gasteiger partial charge >= 0.3 is 5.97 Å². The number of nitrogens with one attached hydrogen (secondary N) is 1. The molecule has 3 aromatic carbocycles. The second-order valence-corrected chi connectivity index (χ2v) is 9.98. The largest absolute Gasteiger partial charge is 0.508 e. The summed E-state index contributed by atoms with van der Waals surface area (Å²) >= 11 is 0. The first kappa shape index (κ1) is 32.8. The fourth-order valence-corrected chi connectivity index (χ4v) is 3.69. The van der Waals surface area contributed by atoms with Gasteiger partial charge in [-0.3, -0.25) is 4.79 Å². The van der Waals surface area contributed by atoms with Crippen LogP contribution in [0.5, 0.6) is 5.75 Å². The monoisotopic (exact) mass is 519 g/mol. The lowest BCUT2D eigenvalue weighted by Gasteiger charge is -2.10. The van der Waals surface area contributed by atoms with Crippen LogP contribution in [-0.2, 0) is 4.79 Å². The Morgan fingerprint density at radius 1 is 0.684 bits per heavy atom. The fourth-order valence-electron chi connectivity index (χ4n) is 3.69. The Balaban J connectivity index is 0.000000299. The summed E-state index contributed by atoms with van der Waals surface area (Å²) < 4.78 is 0. The smallest absolute Gasteiger partial charge is 0.303 e. The molecule has 0 saturated carbocycles. The molecule has 0 aliphatic carbocycles. The van der Waals surface area contributed by atoms with Gasteiger partial charge in [0.15, 0.2) is 0 Å². The van der Waals surface area contributed by atoms with E-state index < -0.39 is 5.97 Å². The van der Waals surface area contributed by atoms with Crippen molar-refractivity contribution in [2.24, 2.45) is 0 Å². The van der Waals surface area contributed by atoms with Crippen LogP contribution in [0.15, 0.2) is 78.9 Å². The number of carboxylic acids is 1. The Kier molecular flexibility index (Phi) is 16.3. The number of phenols is 1. The molecule has 4 heteroatoms. The summed E-state index contributed by atoms with van der Waals surface area (Å²) in [5, 5.41) is 20.7. The summed E-state index contributed by atoms with van der Waals surface area (Å²) in [6, 6.07) is 26.4. The van der Waals surface area contributed by atoms with Gasteiger partial charge in [-0.25, -0.2) is 0 Å². The Labute approximate surface area is 231 Å². The maximum atomic E-state index is 10.3. The molecule has 0 fully saturated rings. The zero-order valence-corrected chi connectivity index (χ0v) is 24.3. The van der Waals surface area contributed by atoms with Gasteiger partial charge in [-0.15, -0.1) is 0 Å². The molecule has 3 unspecified atom stereocenters. The molecule has 3 aromatic rings. The highest BCUT2D eigenvalue weighted by Crippen LogP contribution is 2.21. The van der Waals surface area contributed by atoms with E-state index in [1.165, 1.54) is 23.1 Å². The average Bonchev–Trinajstić information content (AvgIpc) is 2.95. The number of aromatic hydroxyl groups is 1. The Morgan fingerprint density at radius 3 is 1.53 bits per heavy atom. The van der Waals surface area contributed by atoms with Crippen LogP contribution in [0.25, 0.3) is 0 Å². The molecule has 0 bridgehead atoms. The number of hydrogen-bond acceptors (Lipinski definition) is 3. The van der Waals surface area contributed by atoms with Crippen LogP contribution >= 0.6 is 0 Å². The highest BCUT2D eigenvalue weighted by molar-refractivity contribution is 5.66. The van der Waals surface area contributed by atoms with E-state index in [-0.39, 0.29) is 6.42 Å². The molecule has 0 amide bonds. The van der Waals surface area contributed by atoms with E-state index in [2.05, 4.69) is 101 Å². The molecule has 38 heavy (non-hydrogen) atoms. The summed E-state index contributed by atoms with van der Waals surface area (Å²) in [4.78, 5) is 10.3. The maximum absolute atomic E-state index is 10.3. The van der Waals surface area contributed by atoms with E-state index in [4.69, 9.17) is 10.2 Å². The number of phenolic OH excluding ortho intramolecular Hbond substituents is 1. The third-order valence-electron chi connectivity index (χ3n) is 7.04. The highest BCUT2D eigenvalue weighted by atomic mass is 16.4. The molecule has 0 radical (unpaired) electrons. The molecule has 0 aliphatic heterocycles. The molecule has 0 saturated heterocycles. The second kappa shape index (κ2) is 18.9. The van der Waals surface area contributed by atoms with Crippen molar-refractivity contribution in [1.82, 2.24) is 0 Å². The number of rotatable bonds is 11. The standard InChI is InChI=1S/C14H21NO2.C10H14O.C10H14/c1-3-11(2)12-6-8-13(9-7-12)15-10-4-5-14(16)17;1-3-8(2)9-4-6-10(11)7-5-9;1-3-9(2)10-7-5-4-6-8-10/h6-9,11,15H,3-5,10H2,1-2H3,(H,16,17);4-8,11H,3H2,1-2H3;4-9H,3H2,1-2H3. The predicted octanol–water partition coefficient (Wildman–Crippen LogP) is 9.58. The minimum Gasteiger partial charge on any atom is -0.508 e. The van der Waals surface area contributed by atoms with E-state index in [0.717, 1.165) is 18.5 Å². The van der Waals surface area contributed by atoms with Crippen LogP contribution < -0.4 is 5.32 Å². The normalized spacial score (nSPS) is 12.6.